The van der Waals surface area contributed by atoms with Gasteiger partial charge in [0.1, 0.15) is 5.75 Å². The lowest BCUT2D eigenvalue weighted by molar-refractivity contribution is 0.404. The Morgan fingerprint density at radius 3 is 2.59 bits per heavy atom. The number of anilines is 1. The van der Waals surface area contributed by atoms with Crippen molar-refractivity contribution in [2.45, 2.75) is 13.0 Å². The number of methoxy groups -OCH3 is 1. The molecule has 34 heavy (non-hydrogen) atoms. The number of nitrogens with one attached hydrogen (secondary N) is 1. The number of ether oxygens (including phenoxy) is 1. The second-order valence-electron chi connectivity index (χ2n) is 7.76. The van der Waals surface area contributed by atoms with Gasteiger partial charge in [-0.3, -0.25) is 4.90 Å². The molecule has 1 unspecified atom stereocenters. The van der Waals surface area contributed by atoms with Crippen molar-refractivity contribution in [1.29, 1.82) is 0 Å². The van der Waals surface area contributed by atoms with Crippen LogP contribution in [0.3, 0.4) is 0 Å². The van der Waals surface area contributed by atoms with Crippen LogP contribution in [-0.4, -0.2) is 22.4 Å². The lowest BCUT2D eigenvalue weighted by Crippen LogP contribution is -2.46. The Hall–Kier alpha value is -3.68. The SMILES string of the molecule is COc1cccc(N2C(=S)NC(c3cccc(Cl)c3)C(c3nc(-c4ccccc4)no3)=C2C)c1. The van der Waals surface area contributed by atoms with E-state index < -0.39 is 0 Å². The molecule has 2 heterocycles. The Bertz CT molecular complexity index is 1390. The molecule has 0 bridgehead atoms. The largest absolute Gasteiger partial charge is 0.497 e. The highest BCUT2D eigenvalue weighted by molar-refractivity contribution is 7.80. The number of nitrogens with zero attached hydrogens (tertiary/aromatic N) is 3. The first-order valence-corrected chi connectivity index (χ1v) is 11.4. The van der Waals surface area contributed by atoms with E-state index in [1.165, 1.54) is 0 Å². The minimum atomic E-state index is -0.322. The molecule has 0 aliphatic carbocycles. The summed E-state index contributed by atoms with van der Waals surface area (Å²) in [5.41, 5.74) is 4.35. The molecule has 0 radical (unpaired) electrons. The van der Waals surface area contributed by atoms with E-state index >= 15 is 0 Å². The Balaban J connectivity index is 1.67. The maximum Gasteiger partial charge on any atom is 0.258 e. The number of halogens is 1. The summed E-state index contributed by atoms with van der Waals surface area (Å²) < 4.78 is 11.2. The van der Waals surface area contributed by atoms with Gasteiger partial charge in [0, 0.05) is 22.3 Å². The van der Waals surface area contributed by atoms with E-state index in [9.17, 15) is 0 Å². The Morgan fingerprint density at radius 1 is 1.03 bits per heavy atom. The molecular formula is C26H21ClN4O2S. The van der Waals surface area contributed by atoms with E-state index in [1.807, 2.05) is 90.7 Å². The molecule has 1 aliphatic heterocycles. The fourth-order valence-corrected chi connectivity index (χ4v) is 4.61. The third-order valence-corrected chi connectivity index (χ3v) is 6.20. The summed E-state index contributed by atoms with van der Waals surface area (Å²) >= 11 is 12.1. The predicted molar refractivity (Wildman–Crippen MR) is 138 cm³/mol. The highest BCUT2D eigenvalue weighted by Gasteiger charge is 2.35. The van der Waals surface area contributed by atoms with Crippen LogP contribution in [0, 0.1) is 0 Å². The van der Waals surface area contributed by atoms with Crippen molar-refractivity contribution < 1.29 is 9.26 Å². The van der Waals surface area contributed by atoms with Gasteiger partial charge >= 0.3 is 0 Å². The Labute approximate surface area is 207 Å². The number of benzene rings is 3. The van der Waals surface area contributed by atoms with Gasteiger partial charge in [0.25, 0.3) is 5.89 Å². The monoisotopic (exact) mass is 488 g/mol. The lowest BCUT2D eigenvalue weighted by Gasteiger charge is -2.37. The fraction of sp³-hybridized carbons (Fsp3) is 0.115. The zero-order valence-electron chi connectivity index (χ0n) is 18.5. The molecule has 6 nitrogen and oxygen atoms in total. The summed E-state index contributed by atoms with van der Waals surface area (Å²) in [6.45, 7) is 1.99. The van der Waals surface area contributed by atoms with Crippen molar-refractivity contribution in [1.82, 2.24) is 15.5 Å². The smallest absolute Gasteiger partial charge is 0.258 e. The maximum atomic E-state index is 6.32. The summed E-state index contributed by atoms with van der Waals surface area (Å²) in [5.74, 6) is 1.65. The topological polar surface area (TPSA) is 63.4 Å². The highest BCUT2D eigenvalue weighted by Crippen LogP contribution is 2.40. The van der Waals surface area contributed by atoms with Crippen molar-refractivity contribution >= 4 is 40.2 Å². The first-order valence-electron chi connectivity index (χ1n) is 10.7. The molecule has 0 amide bonds. The summed E-state index contributed by atoms with van der Waals surface area (Å²) in [7, 11) is 1.64. The van der Waals surface area contributed by atoms with Crippen LogP contribution in [0.5, 0.6) is 5.75 Å². The highest BCUT2D eigenvalue weighted by atomic mass is 35.5. The van der Waals surface area contributed by atoms with Crippen molar-refractivity contribution in [3.8, 4) is 17.1 Å². The number of rotatable bonds is 5. The second kappa shape index (κ2) is 9.29. The summed E-state index contributed by atoms with van der Waals surface area (Å²) in [4.78, 5) is 6.68. The molecule has 1 aliphatic rings. The molecule has 170 valence electrons. The Morgan fingerprint density at radius 2 is 1.82 bits per heavy atom. The molecule has 0 saturated heterocycles. The lowest BCUT2D eigenvalue weighted by atomic mass is 9.94. The van der Waals surface area contributed by atoms with Gasteiger partial charge in [0.05, 0.1) is 24.4 Å². The van der Waals surface area contributed by atoms with Crippen molar-refractivity contribution in [2.24, 2.45) is 0 Å². The van der Waals surface area contributed by atoms with Gasteiger partial charge in [0.15, 0.2) is 5.11 Å². The van der Waals surface area contributed by atoms with Crippen molar-refractivity contribution in [3.63, 3.8) is 0 Å². The minimum Gasteiger partial charge on any atom is -0.497 e. The zero-order valence-corrected chi connectivity index (χ0v) is 20.1. The van der Waals surface area contributed by atoms with Gasteiger partial charge in [-0.25, -0.2) is 0 Å². The van der Waals surface area contributed by atoms with Gasteiger partial charge < -0.3 is 14.6 Å². The molecule has 1 N–H and O–H groups in total. The van der Waals surface area contributed by atoms with E-state index in [-0.39, 0.29) is 6.04 Å². The Kier molecular flexibility index (Phi) is 6.04. The molecule has 8 heteroatoms. The van der Waals surface area contributed by atoms with E-state index in [0.29, 0.717) is 21.9 Å². The average Bonchev–Trinajstić information content (AvgIpc) is 3.34. The average molecular weight is 489 g/mol. The third-order valence-electron chi connectivity index (χ3n) is 5.67. The summed E-state index contributed by atoms with van der Waals surface area (Å²) in [6.07, 6.45) is 0. The van der Waals surface area contributed by atoms with Gasteiger partial charge in [-0.15, -0.1) is 0 Å². The van der Waals surface area contributed by atoms with Crippen LogP contribution in [-0.2, 0) is 0 Å². The van der Waals surface area contributed by atoms with Crippen molar-refractivity contribution in [2.75, 3.05) is 12.0 Å². The van der Waals surface area contributed by atoms with E-state index in [1.54, 1.807) is 7.11 Å². The number of allylic oxidation sites excluding steroid dienone is 1. The van der Waals surface area contributed by atoms with Crippen LogP contribution in [0.4, 0.5) is 5.69 Å². The van der Waals surface area contributed by atoms with Gasteiger partial charge in [-0.2, -0.15) is 4.98 Å². The quantitative estimate of drug-likeness (QED) is 0.332. The molecule has 1 atom stereocenters. The molecular weight excluding hydrogens is 468 g/mol. The number of aromatic nitrogens is 2. The van der Waals surface area contributed by atoms with Crippen LogP contribution in [0.1, 0.15) is 24.4 Å². The second-order valence-corrected chi connectivity index (χ2v) is 8.59. The van der Waals surface area contributed by atoms with Gasteiger partial charge in [-0.1, -0.05) is 65.3 Å². The van der Waals surface area contributed by atoms with Crippen LogP contribution < -0.4 is 15.0 Å². The number of hydrogen-bond acceptors (Lipinski definition) is 5. The molecule has 4 aromatic rings. The molecule has 3 aromatic carbocycles. The van der Waals surface area contributed by atoms with Crippen molar-refractivity contribution in [3.05, 3.63) is 101 Å². The maximum absolute atomic E-state index is 6.32. The summed E-state index contributed by atoms with van der Waals surface area (Å²) in [6, 6.07) is 24.8. The van der Waals surface area contributed by atoms with Gasteiger partial charge in [-0.05, 0) is 49.0 Å². The van der Waals surface area contributed by atoms with Gasteiger partial charge in [0.2, 0.25) is 5.82 Å². The fourth-order valence-electron chi connectivity index (χ4n) is 4.05. The van der Waals surface area contributed by atoms with Crippen LogP contribution in [0.15, 0.2) is 89.1 Å². The first kappa shape index (κ1) is 22.1. The normalized spacial score (nSPS) is 15.9. The standard InChI is InChI=1S/C26H21ClN4O2S/c1-16-22(25-29-24(30-33-25)17-8-4-3-5-9-17)23(18-10-6-11-19(27)14-18)28-26(34)31(16)20-12-7-13-21(15-20)32-2/h3-15,23H,1-2H3,(H,28,34). The van der Waals surface area contributed by atoms with Crippen LogP contribution in [0.2, 0.25) is 5.02 Å². The number of hydrogen-bond donors (Lipinski definition) is 1. The van der Waals surface area contributed by atoms with E-state index in [4.69, 9.17) is 38.1 Å². The van der Waals surface area contributed by atoms with Crippen LogP contribution in [0.25, 0.3) is 17.0 Å². The number of thiocarbonyl (C=S) groups is 1. The predicted octanol–water partition coefficient (Wildman–Crippen LogP) is 6.27. The third kappa shape index (κ3) is 4.16. The molecule has 0 spiro atoms. The molecule has 0 fully saturated rings. The molecule has 0 saturated carbocycles. The summed E-state index contributed by atoms with van der Waals surface area (Å²) in [5, 5.41) is 8.86. The molecule has 5 rings (SSSR count). The van der Waals surface area contributed by atoms with E-state index in [0.717, 1.165) is 33.8 Å². The minimum absolute atomic E-state index is 0.322. The van der Waals surface area contributed by atoms with E-state index in [2.05, 4.69) is 10.5 Å². The zero-order chi connectivity index (χ0) is 23.7. The first-order chi connectivity index (χ1) is 16.5. The van der Waals surface area contributed by atoms with Crippen LogP contribution >= 0.6 is 23.8 Å². The molecule has 1 aromatic heterocycles.